The highest BCUT2D eigenvalue weighted by Gasteiger charge is 2.20. The Hall–Kier alpha value is -0.140. The van der Waals surface area contributed by atoms with E-state index in [0.717, 1.165) is 4.47 Å². The summed E-state index contributed by atoms with van der Waals surface area (Å²) in [6.45, 7) is 5.49. The molecule has 18 heavy (non-hydrogen) atoms. The van der Waals surface area contributed by atoms with E-state index in [2.05, 4.69) is 20.7 Å². The number of hydrogen-bond acceptors (Lipinski definition) is 3. The van der Waals surface area contributed by atoms with Crippen LogP contribution in [-0.4, -0.2) is 20.5 Å². The van der Waals surface area contributed by atoms with Crippen LogP contribution in [0.2, 0.25) is 0 Å². The molecule has 0 bridgehead atoms. The Bertz CT molecular complexity index is 512. The molecule has 0 amide bonds. The molecule has 1 aromatic rings. The van der Waals surface area contributed by atoms with Gasteiger partial charge in [-0.15, -0.1) is 12.4 Å². The quantitative estimate of drug-likeness (QED) is 0.867. The first kappa shape index (κ1) is 17.9. The first-order valence-corrected chi connectivity index (χ1v) is 7.44. The largest absolute Gasteiger partial charge is 0.324 e. The summed E-state index contributed by atoms with van der Waals surface area (Å²) >= 11 is 3.26. The van der Waals surface area contributed by atoms with Gasteiger partial charge in [-0.3, -0.25) is 0 Å². The highest BCUT2D eigenvalue weighted by atomic mass is 79.9. The predicted octanol–water partition coefficient (Wildman–Crippen LogP) is 2.19. The maximum absolute atomic E-state index is 12.1. The fraction of sp³-hybridized carbons (Fsp3) is 0.455. The van der Waals surface area contributed by atoms with Crippen LogP contribution in [0.3, 0.4) is 0 Å². The standard InChI is InChI=1S/C11H17BrN2O2S.ClH/c1-8-4-5-9(12)6-10(8)17(15,16)14-7-11(2,3)13;/h4-6,14H,7,13H2,1-3H3;1H. The molecule has 4 nitrogen and oxygen atoms in total. The van der Waals surface area contributed by atoms with Crippen molar-refractivity contribution in [2.75, 3.05) is 6.54 Å². The van der Waals surface area contributed by atoms with E-state index in [1.54, 1.807) is 39.0 Å². The number of sulfonamides is 1. The normalized spacial score (nSPS) is 12.1. The molecule has 0 saturated carbocycles. The molecule has 0 aliphatic heterocycles. The van der Waals surface area contributed by atoms with E-state index in [0.29, 0.717) is 5.56 Å². The lowest BCUT2D eigenvalue weighted by Crippen LogP contribution is -2.45. The number of benzene rings is 1. The Labute approximate surface area is 123 Å². The lowest BCUT2D eigenvalue weighted by molar-refractivity contribution is 0.497. The molecular weight excluding hydrogens is 340 g/mol. The number of nitrogens with two attached hydrogens (primary N) is 1. The molecule has 0 atom stereocenters. The Morgan fingerprint density at radius 2 is 1.94 bits per heavy atom. The van der Waals surface area contributed by atoms with Crippen molar-refractivity contribution in [3.05, 3.63) is 28.2 Å². The molecule has 0 saturated heterocycles. The molecule has 0 aromatic heterocycles. The molecule has 7 heteroatoms. The van der Waals surface area contributed by atoms with Crippen LogP contribution in [-0.2, 0) is 10.0 Å². The van der Waals surface area contributed by atoms with Gasteiger partial charge in [0.05, 0.1) is 4.90 Å². The SMILES string of the molecule is Cc1ccc(Br)cc1S(=O)(=O)NCC(C)(C)N.Cl. The zero-order valence-electron chi connectivity index (χ0n) is 10.5. The molecule has 0 unspecified atom stereocenters. The van der Waals surface area contributed by atoms with E-state index in [4.69, 9.17) is 5.73 Å². The molecule has 0 heterocycles. The minimum atomic E-state index is -3.51. The van der Waals surface area contributed by atoms with Crippen molar-refractivity contribution in [2.45, 2.75) is 31.2 Å². The third-order valence-corrected chi connectivity index (χ3v) is 4.19. The van der Waals surface area contributed by atoms with Crippen LogP contribution in [0.1, 0.15) is 19.4 Å². The van der Waals surface area contributed by atoms with Gasteiger partial charge in [0.2, 0.25) is 10.0 Å². The van der Waals surface area contributed by atoms with Gasteiger partial charge in [-0.25, -0.2) is 13.1 Å². The lowest BCUT2D eigenvalue weighted by atomic mass is 10.1. The van der Waals surface area contributed by atoms with Crippen LogP contribution in [0.25, 0.3) is 0 Å². The zero-order chi connectivity index (χ0) is 13.3. The molecule has 1 rings (SSSR count). The number of nitrogens with one attached hydrogen (secondary N) is 1. The number of halogens is 2. The Balaban J connectivity index is 0.00000289. The minimum absolute atomic E-state index is 0. The first-order valence-electron chi connectivity index (χ1n) is 5.16. The molecular formula is C11H18BrClN2O2S. The van der Waals surface area contributed by atoms with Crippen molar-refractivity contribution in [1.29, 1.82) is 0 Å². The minimum Gasteiger partial charge on any atom is -0.324 e. The second kappa shape index (κ2) is 6.34. The van der Waals surface area contributed by atoms with Gasteiger partial charge in [0.15, 0.2) is 0 Å². The van der Waals surface area contributed by atoms with E-state index in [1.807, 2.05) is 0 Å². The molecule has 3 N–H and O–H groups in total. The Morgan fingerprint density at radius 1 is 1.39 bits per heavy atom. The van der Waals surface area contributed by atoms with Gasteiger partial charge in [0.25, 0.3) is 0 Å². The molecule has 0 spiro atoms. The van der Waals surface area contributed by atoms with E-state index in [1.165, 1.54) is 0 Å². The lowest BCUT2D eigenvalue weighted by Gasteiger charge is -2.19. The Kier molecular flexibility index (Phi) is 6.29. The summed E-state index contributed by atoms with van der Waals surface area (Å²) in [4.78, 5) is 0.274. The van der Waals surface area contributed by atoms with Crippen molar-refractivity contribution >= 4 is 38.4 Å². The molecule has 1 aromatic carbocycles. The van der Waals surface area contributed by atoms with Crippen molar-refractivity contribution in [3.8, 4) is 0 Å². The molecule has 104 valence electrons. The van der Waals surface area contributed by atoms with E-state index in [-0.39, 0.29) is 23.8 Å². The topological polar surface area (TPSA) is 72.2 Å². The van der Waals surface area contributed by atoms with Crippen molar-refractivity contribution < 1.29 is 8.42 Å². The van der Waals surface area contributed by atoms with Gasteiger partial charge in [-0.05, 0) is 38.5 Å². The molecule has 0 aliphatic rings. The second-order valence-corrected chi connectivity index (χ2v) is 7.37. The highest BCUT2D eigenvalue weighted by Crippen LogP contribution is 2.20. The summed E-state index contributed by atoms with van der Waals surface area (Å²) in [5.74, 6) is 0. The van der Waals surface area contributed by atoms with Crippen LogP contribution < -0.4 is 10.5 Å². The number of hydrogen-bond donors (Lipinski definition) is 2. The maximum Gasteiger partial charge on any atom is 0.240 e. The number of aryl methyl sites for hydroxylation is 1. The third-order valence-electron chi connectivity index (χ3n) is 2.16. The van der Waals surface area contributed by atoms with Crippen LogP contribution in [0, 0.1) is 6.92 Å². The molecule has 0 aliphatic carbocycles. The van der Waals surface area contributed by atoms with E-state index < -0.39 is 15.6 Å². The average Bonchev–Trinajstić information content (AvgIpc) is 2.18. The summed E-state index contributed by atoms with van der Waals surface area (Å²) in [5.41, 5.74) is 5.88. The molecule has 0 fully saturated rings. The van der Waals surface area contributed by atoms with Gasteiger partial charge in [-0.1, -0.05) is 22.0 Å². The fourth-order valence-electron chi connectivity index (χ4n) is 1.22. The smallest absolute Gasteiger partial charge is 0.240 e. The average molecular weight is 358 g/mol. The maximum atomic E-state index is 12.1. The van der Waals surface area contributed by atoms with Crippen LogP contribution in [0.15, 0.2) is 27.6 Å². The Morgan fingerprint density at radius 3 is 2.44 bits per heavy atom. The summed E-state index contributed by atoms with van der Waals surface area (Å²) < 4.78 is 27.4. The summed E-state index contributed by atoms with van der Waals surface area (Å²) in [5, 5.41) is 0. The first-order chi connectivity index (χ1) is 7.62. The van der Waals surface area contributed by atoms with Crippen LogP contribution in [0.4, 0.5) is 0 Å². The predicted molar refractivity (Wildman–Crippen MR) is 79.6 cm³/mol. The van der Waals surface area contributed by atoms with Gasteiger partial charge < -0.3 is 5.73 Å². The summed E-state index contributed by atoms with van der Waals surface area (Å²) in [6, 6.07) is 5.15. The van der Waals surface area contributed by atoms with Crippen molar-refractivity contribution in [2.24, 2.45) is 5.73 Å². The summed E-state index contributed by atoms with van der Waals surface area (Å²) in [7, 11) is -3.51. The third kappa shape index (κ3) is 5.24. The van der Waals surface area contributed by atoms with Crippen molar-refractivity contribution in [1.82, 2.24) is 4.72 Å². The zero-order valence-corrected chi connectivity index (χ0v) is 13.7. The molecule has 0 radical (unpaired) electrons. The van der Waals surface area contributed by atoms with Crippen LogP contribution >= 0.6 is 28.3 Å². The van der Waals surface area contributed by atoms with E-state index in [9.17, 15) is 8.42 Å². The monoisotopic (exact) mass is 356 g/mol. The van der Waals surface area contributed by atoms with Crippen LogP contribution in [0.5, 0.6) is 0 Å². The van der Waals surface area contributed by atoms with Gasteiger partial charge in [-0.2, -0.15) is 0 Å². The summed E-state index contributed by atoms with van der Waals surface area (Å²) in [6.07, 6.45) is 0. The van der Waals surface area contributed by atoms with Gasteiger partial charge in [0.1, 0.15) is 0 Å². The van der Waals surface area contributed by atoms with Gasteiger partial charge in [0, 0.05) is 16.6 Å². The van der Waals surface area contributed by atoms with Gasteiger partial charge >= 0.3 is 0 Å². The second-order valence-electron chi connectivity index (χ2n) is 4.72. The highest BCUT2D eigenvalue weighted by molar-refractivity contribution is 9.10. The van der Waals surface area contributed by atoms with Crippen molar-refractivity contribution in [3.63, 3.8) is 0 Å². The number of rotatable bonds is 4. The fourth-order valence-corrected chi connectivity index (χ4v) is 3.23. The van der Waals surface area contributed by atoms with E-state index >= 15 is 0 Å².